The maximum absolute atomic E-state index is 14.3. The van der Waals surface area contributed by atoms with E-state index in [1.54, 1.807) is 0 Å². The zero-order chi connectivity index (χ0) is 26.4. The lowest BCUT2D eigenvalue weighted by Crippen LogP contribution is -2.56. The third kappa shape index (κ3) is 5.44. The second-order valence-electron chi connectivity index (χ2n) is 10.7. The quantitative estimate of drug-likeness (QED) is 0.250. The highest BCUT2D eigenvalue weighted by Crippen LogP contribution is 2.49. The number of hydrogen-bond acceptors (Lipinski definition) is 3. The monoisotopic (exact) mass is 504 g/mol. The predicted molar refractivity (Wildman–Crippen MR) is 152 cm³/mol. The molecule has 0 aromatic heterocycles. The van der Waals surface area contributed by atoms with Gasteiger partial charge >= 0.3 is 5.97 Å². The van der Waals surface area contributed by atoms with Gasteiger partial charge in [-0.25, -0.2) is 0 Å². The van der Waals surface area contributed by atoms with Gasteiger partial charge in [-0.05, 0) is 66.8 Å². The molecule has 0 aliphatic carbocycles. The van der Waals surface area contributed by atoms with Crippen molar-refractivity contribution in [3.63, 3.8) is 0 Å². The fourth-order valence-corrected chi connectivity index (χ4v) is 5.88. The van der Waals surface area contributed by atoms with Gasteiger partial charge in [0.1, 0.15) is 5.60 Å². The van der Waals surface area contributed by atoms with Crippen LogP contribution in [0.5, 0.6) is 0 Å². The van der Waals surface area contributed by atoms with E-state index < -0.39 is 17.1 Å². The van der Waals surface area contributed by atoms with E-state index in [9.17, 15) is 9.90 Å². The SMILES string of the molecule is Cc1ccccc1CC1(CCc2ccccc2)C(=O)OC(CCc2ccccc2)(c2ccccc2)CC1O. The molecule has 3 nitrogen and oxygen atoms in total. The highest BCUT2D eigenvalue weighted by molar-refractivity contribution is 5.80. The summed E-state index contributed by atoms with van der Waals surface area (Å²) in [6.07, 6.45) is 2.57. The van der Waals surface area contributed by atoms with Gasteiger partial charge in [0.2, 0.25) is 0 Å². The second kappa shape index (κ2) is 11.4. The van der Waals surface area contributed by atoms with E-state index in [1.165, 1.54) is 5.56 Å². The Morgan fingerprint density at radius 2 is 1.26 bits per heavy atom. The van der Waals surface area contributed by atoms with Crippen molar-refractivity contribution in [3.05, 3.63) is 143 Å². The van der Waals surface area contributed by atoms with Gasteiger partial charge in [-0.1, -0.05) is 115 Å². The van der Waals surface area contributed by atoms with Crippen LogP contribution in [0, 0.1) is 12.3 Å². The largest absolute Gasteiger partial charge is 0.454 e. The molecule has 0 saturated carbocycles. The first kappa shape index (κ1) is 25.9. The Morgan fingerprint density at radius 3 is 1.84 bits per heavy atom. The summed E-state index contributed by atoms with van der Waals surface area (Å²) >= 11 is 0. The van der Waals surface area contributed by atoms with Gasteiger partial charge in [-0.3, -0.25) is 4.79 Å². The van der Waals surface area contributed by atoms with Crippen molar-refractivity contribution in [3.8, 4) is 0 Å². The molecular weight excluding hydrogens is 468 g/mol. The Hall–Kier alpha value is -3.69. The van der Waals surface area contributed by atoms with E-state index >= 15 is 0 Å². The minimum Gasteiger partial charge on any atom is -0.454 e. The summed E-state index contributed by atoms with van der Waals surface area (Å²) in [5.41, 5.74) is 3.58. The molecule has 1 heterocycles. The first-order valence-electron chi connectivity index (χ1n) is 13.6. The summed E-state index contributed by atoms with van der Waals surface area (Å²) < 4.78 is 6.57. The molecule has 1 fully saturated rings. The van der Waals surface area contributed by atoms with Gasteiger partial charge in [-0.2, -0.15) is 0 Å². The fourth-order valence-electron chi connectivity index (χ4n) is 5.88. The minimum absolute atomic E-state index is 0.299. The molecule has 4 aromatic carbocycles. The molecule has 194 valence electrons. The van der Waals surface area contributed by atoms with Gasteiger partial charge in [0.25, 0.3) is 0 Å². The van der Waals surface area contributed by atoms with E-state index in [0.717, 1.165) is 28.7 Å². The number of carbonyl (C=O) groups excluding carboxylic acids is 1. The molecular formula is C35H36O3. The Labute approximate surface area is 226 Å². The van der Waals surface area contributed by atoms with Crippen molar-refractivity contribution < 1.29 is 14.6 Å². The van der Waals surface area contributed by atoms with E-state index in [1.807, 2.05) is 78.9 Å². The lowest BCUT2D eigenvalue weighted by atomic mass is 9.65. The lowest BCUT2D eigenvalue weighted by Gasteiger charge is -2.49. The molecule has 5 rings (SSSR count). The number of aliphatic hydroxyl groups excluding tert-OH is 1. The number of hydrogen-bond donors (Lipinski definition) is 1. The number of cyclic esters (lactones) is 1. The number of carbonyl (C=O) groups is 1. The van der Waals surface area contributed by atoms with Crippen LogP contribution in [0.3, 0.4) is 0 Å². The van der Waals surface area contributed by atoms with Crippen molar-refractivity contribution in [2.45, 2.75) is 57.2 Å². The molecule has 38 heavy (non-hydrogen) atoms. The average molecular weight is 505 g/mol. The van der Waals surface area contributed by atoms with E-state index in [4.69, 9.17) is 4.74 Å². The lowest BCUT2D eigenvalue weighted by molar-refractivity contribution is -0.209. The van der Waals surface area contributed by atoms with E-state index in [0.29, 0.717) is 32.1 Å². The zero-order valence-electron chi connectivity index (χ0n) is 22.1. The predicted octanol–water partition coefficient (Wildman–Crippen LogP) is 6.99. The summed E-state index contributed by atoms with van der Waals surface area (Å²) in [5, 5.41) is 12.0. The highest BCUT2D eigenvalue weighted by atomic mass is 16.6. The molecule has 3 heteroatoms. The minimum atomic E-state index is -1.02. The Kier molecular flexibility index (Phi) is 7.76. The van der Waals surface area contributed by atoms with Crippen LogP contribution in [0.15, 0.2) is 115 Å². The fraction of sp³-hybridized carbons (Fsp3) is 0.286. The molecule has 1 N–H and O–H groups in total. The topological polar surface area (TPSA) is 46.5 Å². The van der Waals surface area contributed by atoms with Crippen LogP contribution in [-0.4, -0.2) is 17.2 Å². The Morgan fingerprint density at radius 1 is 0.737 bits per heavy atom. The molecule has 3 unspecified atom stereocenters. The van der Waals surface area contributed by atoms with Crippen LogP contribution in [-0.2, 0) is 34.4 Å². The standard InChI is InChI=1S/C35H36O3/c1-27-13-11-12-18-30(27)25-34(23-21-28-14-5-2-6-15-28)32(36)26-35(38-33(34)37,31-19-9-4-10-20-31)24-22-29-16-7-3-8-17-29/h2-20,32,36H,21-26H2,1H3. The number of benzene rings is 4. The van der Waals surface area contributed by atoms with Crippen molar-refractivity contribution in [2.75, 3.05) is 0 Å². The zero-order valence-corrected chi connectivity index (χ0v) is 22.1. The van der Waals surface area contributed by atoms with Crippen molar-refractivity contribution in [1.29, 1.82) is 0 Å². The van der Waals surface area contributed by atoms with Crippen LogP contribution >= 0.6 is 0 Å². The third-order valence-electron chi connectivity index (χ3n) is 8.29. The second-order valence-corrected chi connectivity index (χ2v) is 10.7. The van der Waals surface area contributed by atoms with Crippen LogP contribution in [0.2, 0.25) is 0 Å². The molecule has 1 aliphatic heterocycles. The van der Waals surface area contributed by atoms with Crippen molar-refractivity contribution in [1.82, 2.24) is 0 Å². The van der Waals surface area contributed by atoms with Gasteiger partial charge in [0.15, 0.2) is 0 Å². The van der Waals surface area contributed by atoms with Crippen LogP contribution in [0.25, 0.3) is 0 Å². The summed E-state index contributed by atoms with van der Waals surface area (Å²) in [6, 6.07) is 38.6. The molecule has 0 spiro atoms. The van der Waals surface area contributed by atoms with Crippen LogP contribution < -0.4 is 0 Å². The summed E-state index contributed by atoms with van der Waals surface area (Å²) in [5.74, 6) is -0.299. The number of aryl methyl sites for hydroxylation is 3. The van der Waals surface area contributed by atoms with Gasteiger partial charge in [0, 0.05) is 6.42 Å². The molecule has 0 bridgehead atoms. The third-order valence-corrected chi connectivity index (χ3v) is 8.29. The van der Waals surface area contributed by atoms with Gasteiger partial charge < -0.3 is 9.84 Å². The summed E-state index contributed by atoms with van der Waals surface area (Å²) in [7, 11) is 0. The highest BCUT2D eigenvalue weighted by Gasteiger charge is 2.56. The first-order chi connectivity index (χ1) is 18.5. The molecule has 4 aromatic rings. The molecule has 1 aliphatic rings. The Balaban J connectivity index is 1.50. The molecule has 3 atom stereocenters. The summed E-state index contributed by atoms with van der Waals surface area (Å²) in [6.45, 7) is 2.06. The van der Waals surface area contributed by atoms with Crippen LogP contribution in [0.4, 0.5) is 0 Å². The average Bonchev–Trinajstić information content (AvgIpc) is 2.96. The maximum atomic E-state index is 14.3. The maximum Gasteiger partial charge on any atom is 0.315 e. The normalized spacial score (nSPS) is 23.1. The van der Waals surface area contributed by atoms with Crippen molar-refractivity contribution >= 4 is 5.97 Å². The van der Waals surface area contributed by atoms with E-state index in [-0.39, 0.29) is 5.97 Å². The molecule has 1 saturated heterocycles. The molecule has 0 amide bonds. The number of esters is 1. The van der Waals surface area contributed by atoms with E-state index in [2.05, 4.69) is 43.3 Å². The number of ether oxygens (including phenoxy) is 1. The number of aliphatic hydroxyl groups is 1. The number of rotatable bonds is 9. The first-order valence-corrected chi connectivity index (χ1v) is 13.6. The summed E-state index contributed by atoms with van der Waals surface area (Å²) in [4.78, 5) is 14.3. The Bertz CT molecular complexity index is 1340. The molecule has 0 radical (unpaired) electrons. The van der Waals surface area contributed by atoms with Gasteiger partial charge in [-0.15, -0.1) is 0 Å². The van der Waals surface area contributed by atoms with Gasteiger partial charge in [0.05, 0.1) is 11.5 Å². The van der Waals surface area contributed by atoms with Crippen molar-refractivity contribution in [2.24, 2.45) is 5.41 Å². The smallest absolute Gasteiger partial charge is 0.315 e. The van der Waals surface area contributed by atoms with Crippen LogP contribution in [0.1, 0.15) is 47.1 Å².